The van der Waals surface area contributed by atoms with E-state index in [1.54, 1.807) is 12.1 Å². The predicted molar refractivity (Wildman–Crippen MR) is 92.2 cm³/mol. The molecule has 1 N–H and O–H groups in total. The molecule has 1 amide bonds. The molecule has 1 atom stereocenters. The number of nitrogens with zero attached hydrogens (tertiary/aromatic N) is 2. The first-order valence-electron chi connectivity index (χ1n) is 8.39. The number of carbonyl (C=O) groups excluding carboxylic acids is 1. The first kappa shape index (κ1) is 14.4. The summed E-state index contributed by atoms with van der Waals surface area (Å²) in [4.78, 5) is 16.1. The number of fused-ring (bicyclic) bond motifs is 3. The van der Waals surface area contributed by atoms with Crippen LogP contribution in [0.4, 0.5) is 0 Å². The molecule has 0 aromatic heterocycles. The molecule has 3 aliphatic rings. The van der Waals surface area contributed by atoms with Crippen molar-refractivity contribution in [2.45, 2.75) is 25.4 Å². The molecule has 1 unspecified atom stereocenters. The van der Waals surface area contributed by atoms with Gasteiger partial charge in [-0.2, -0.15) is 5.26 Å². The van der Waals surface area contributed by atoms with E-state index < -0.39 is 5.91 Å². The first-order chi connectivity index (χ1) is 12.2. The molecule has 2 aromatic carbocycles. The van der Waals surface area contributed by atoms with Crippen molar-refractivity contribution >= 4 is 28.0 Å². The molecule has 0 saturated carbocycles. The Morgan fingerprint density at radius 1 is 1.16 bits per heavy atom. The van der Waals surface area contributed by atoms with Gasteiger partial charge in [0.25, 0.3) is 5.91 Å². The van der Waals surface area contributed by atoms with Crippen LogP contribution in [0.5, 0.6) is 5.75 Å². The zero-order chi connectivity index (χ0) is 17.1. The molecule has 0 radical (unpaired) electrons. The zero-order valence-corrected chi connectivity index (χ0v) is 13.4. The third-order valence-corrected chi connectivity index (χ3v) is 5.25. The van der Waals surface area contributed by atoms with Crippen molar-refractivity contribution in [3.63, 3.8) is 0 Å². The van der Waals surface area contributed by atoms with Gasteiger partial charge in [-0.3, -0.25) is 4.79 Å². The van der Waals surface area contributed by atoms with E-state index in [0.717, 1.165) is 53.3 Å². The minimum Gasteiger partial charge on any atom is -0.507 e. The van der Waals surface area contributed by atoms with Crippen molar-refractivity contribution in [2.24, 2.45) is 4.99 Å². The van der Waals surface area contributed by atoms with Crippen LogP contribution in [0, 0.1) is 11.3 Å². The molecule has 2 heterocycles. The largest absolute Gasteiger partial charge is 0.507 e. The number of aliphatic imine (C=N–C) groups is 1. The summed E-state index contributed by atoms with van der Waals surface area (Å²) < 4.78 is 5.92. The third-order valence-electron chi connectivity index (χ3n) is 5.25. The summed E-state index contributed by atoms with van der Waals surface area (Å²) in [5, 5.41) is 21.5. The fraction of sp³-hybridized carbons (Fsp3) is 0.250. The maximum Gasteiger partial charge on any atom is 0.288 e. The van der Waals surface area contributed by atoms with Gasteiger partial charge in [0, 0.05) is 28.5 Å². The highest BCUT2D eigenvalue weighted by atomic mass is 16.5. The number of phenols is 1. The maximum atomic E-state index is 12.0. The van der Waals surface area contributed by atoms with Gasteiger partial charge in [0.2, 0.25) is 0 Å². The van der Waals surface area contributed by atoms with Crippen LogP contribution in [-0.4, -0.2) is 23.3 Å². The summed E-state index contributed by atoms with van der Waals surface area (Å²) >= 11 is 0. The molecular formula is C20H14N2O3. The highest BCUT2D eigenvalue weighted by molar-refractivity contribution is 6.50. The molecule has 0 spiro atoms. The van der Waals surface area contributed by atoms with Crippen molar-refractivity contribution in [1.82, 2.24) is 0 Å². The van der Waals surface area contributed by atoms with Crippen LogP contribution in [0.3, 0.4) is 0 Å². The highest BCUT2D eigenvalue weighted by Gasteiger charge is 2.37. The van der Waals surface area contributed by atoms with Crippen molar-refractivity contribution in [3.05, 3.63) is 46.5 Å². The lowest BCUT2D eigenvalue weighted by Crippen LogP contribution is -2.12. The Morgan fingerprint density at radius 2 is 2.00 bits per heavy atom. The van der Waals surface area contributed by atoms with Gasteiger partial charge in [-0.15, -0.1) is 0 Å². The van der Waals surface area contributed by atoms with E-state index >= 15 is 0 Å². The number of rotatable bonds is 1. The number of hydrogen-bond acceptors (Lipinski definition) is 4. The lowest BCUT2D eigenvalue weighted by molar-refractivity contribution is -0.113. The normalized spacial score (nSPS) is 21.5. The van der Waals surface area contributed by atoms with Crippen molar-refractivity contribution in [3.8, 4) is 11.8 Å². The summed E-state index contributed by atoms with van der Waals surface area (Å²) in [6, 6.07) is 9.26. The molecular weight excluding hydrogens is 316 g/mol. The van der Waals surface area contributed by atoms with Gasteiger partial charge in [0.05, 0.1) is 11.8 Å². The van der Waals surface area contributed by atoms with Crippen LogP contribution in [0.15, 0.2) is 34.8 Å². The smallest absolute Gasteiger partial charge is 0.288 e. The number of aromatic hydroxyl groups is 1. The Bertz CT molecular complexity index is 1070. The van der Waals surface area contributed by atoms with Gasteiger partial charge < -0.3 is 9.84 Å². The number of ether oxygens (including phenoxy) is 1. The molecule has 2 aromatic rings. The van der Waals surface area contributed by atoms with Crippen LogP contribution in [0.2, 0.25) is 0 Å². The number of carbonyl (C=O) groups is 1. The van der Waals surface area contributed by atoms with Crippen molar-refractivity contribution < 1.29 is 14.6 Å². The predicted octanol–water partition coefficient (Wildman–Crippen LogP) is 3.41. The van der Waals surface area contributed by atoms with E-state index in [9.17, 15) is 15.2 Å². The van der Waals surface area contributed by atoms with E-state index in [1.807, 2.05) is 18.2 Å². The Kier molecular flexibility index (Phi) is 2.88. The lowest BCUT2D eigenvalue weighted by atomic mass is 9.92. The summed E-state index contributed by atoms with van der Waals surface area (Å²) in [6.45, 7) is 0.722. The van der Waals surface area contributed by atoms with Gasteiger partial charge in [0.1, 0.15) is 17.4 Å². The summed E-state index contributed by atoms with van der Waals surface area (Å²) in [7, 11) is 0. The van der Waals surface area contributed by atoms with E-state index in [4.69, 9.17) is 4.74 Å². The average molecular weight is 330 g/mol. The standard InChI is InChI=1S/C20H14N2O3/c21-9-13-17-11-5-4-10(15-3-1-2-8-25-15)18-14(23)7-6-12(16(11)18)19(17)22-20(13)24/h4-7,15,23H,1-3,8H2. The molecule has 122 valence electrons. The first-order valence-corrected chi connectivity index (χ1v) is 8.39. The number of amides is 1. The Hall–Kier alpha value is -2.97. The fourth-order valence-electron chi connectivity index (χ4n) is 4.16. The topological polar surface area (TPSA) is 82.7 Å². The Labute approximate surface area is 143 Å². The molecule has 5 rings (SSSR count). The van der Waals surface area contributed by atoms with Crippen LogP contribution in [-0.2, 0) is 9.53 Å². The van der Waals surface area contributed by atoms with Gasteiger partial charge in [-0.25, -0.2) is 4.99 Å². The summed E-state index contributed by atoms with van der Waals surface area (Å²) in [5.41, 5.74) is 3.77. The molecule has 5 heteroatoms. The van der Waals surface area contributed by atoms with Crippen LogP contribution < -0.4 is 0 Å². The summed E-state index contributed by atoms with van der Waals surface area (Å²) in [6.07, 6.45) is 3.03. The second-order valence-electron chi connectivity index (χ2n) is 6.57. The van der Waals surface area contributed by atoms with Gasteiger partial charge in [0.15, 0.2) is 0 Å². The number of benzene rings is 2. The quantitative estimate of drug-likeness (QED) is 0.868. The second kappa shape index (κ2) is 5.01. The molecule has 25 heavy (non-hydrogen) atoms. The minimum absolute atomic E-state index is 0.0441. The monoisotopic (exact) mass is 330 g/mol. The number of phenolic OH excluding ortho intramolecular Hbond substituents is 1. The Balaban J connectivity index is 1.84. The lowest BCUT2D eigenvalue weighted by Gasteiger charge is -2.24. The van der Waals surface area contributed by atoms with E-state index in [2.05, 4.69) is 4.99 Å². The number of allylic oxidation sites excluding steroid dienone is 1. The fourth-order valence-corrected chi connectivity index (χ4v) is 4.16. The molecule has 0 bridgehead atoms. The van der Waals surface area contributed by atoms with Gasteiger partial charge >= 0.3 is 0 Å². The SMILES string of the molecule is N#CC1=C2C(=NC1=O)c1ccc(O)c3c(C4CCCCO4)ccc2c13. The summed E-state index contributed by atoms with van der Waals surface area (Å²) in [5.74, 6) is -0.296. The molecule has 1 saturated heterocycles. The van der Waals surface area contributed by atoms with Crippen molar-refractivity contribution in [2.75, 3.05) is 6.61 Å². The molecule has 1 aliphatic carbocycles. The highest BCUT2D eigenvalue weighted by Crippen LogP contribution is 2.48. The average Bonchev–Trinajstić information content (AvgIpc) is 3.12. The molecule has 2 aliphatic heterocycles. The zero-order valence-electron chi connectivity index (χ0n) is 13.4. The Morgan fingerprint density at radius 3 is 2.76 bits per heavy atom. The van der Waals surface area contributed by atoms with Crippen molar-refractivity contribution in [1.29, 1.82) is 5.26 Å². The molecule has 5 nitrogen and oxygen atoms in total. The van der Waals surface area contributed by atoms with Crippen LogP contribution in [0.1, 0.15) is 42.1 Å². The van der Waals surface area contributed by atoms with Crippen LogP contribution in [0.25, 0.3) is 16.3 Å². The number of hydrogen-bond donors (Lipinski definition) is 1. The van der Waals surface area contributed by atoms with E-state index in [0.29, 0.717) is 11.3 Å². The van der Waals surface area contributed by atoms with Gasteiger partial charge in [-0.1, -0.05) is 12.1 Å². The number of nitriles is 1. The van der Waals surface area contributed by atoms with Crippen LogP contribution >= 0.6 is 0 Å². The maximum absolute atomic E-state index is 12.0. The van der Waals surface area contributed by atoms with E-state index in [-0.39, 0.29) is 17.4 Å². The third kappa shape index (κ3) is 1.80. The minimum atomic E-state index is -0.487. The van der Waals surface area contributed by atoms with E-state index in [1.165, 1.54) is 0 Å². The molecule has 1 fully saturated rings. The second-order valence-corrected chi connectivity index (χ2v) is 6.57. The van der Waals surface area contributed by atoms with Gasteiger partial charge in [-0.05, 0) is 42.5 Å².